The number of aryl methyl sites for hydroxylation is 1. The maximum Gasteiger partial charge on any atom is 0.150 e. The normalized spacial score (nSPS) is 10.5. The second kappa shape index (κ2) is 3.34. The summed E-state index contributed by atoms with van der Waals surface area (Å²) in [5.41, 5.74) is 0. The average Bonchev–Trinajstić information content (AvgIpc) is 2.76. The molecule has 2 aromatic rings. The summed E-state index contributed by atoms with van der Waals surface area (Å²) in [4.78, 5) is 8.08. The zero-order chi connectivity index (χ0) is 9.10. The lowest BCUT2D eigenvalue weighted by Gasteiger charge is -1.93. The van der Waals surface area contributed by atoms with Gasteiger partial charge in [-0.25, -0.2) is 14.6 Å². The van der Waals surface area contributed by atoms with Crippen LogP contribution in [0.4, 0.5) is 0 Å². The third kappa shape index (κ3) is 1.71. The van der Waals surface area contributed by atoms with Crippen molar-refractivity contribution in [3.8, 4) is 0 Å². The fraction of sp³-hybridized carbons (Fsp3) is 0.429. The molecule has 0 aliphatic heterocycles. The summed E-state index contributed by atoms with van der Waals surface area (Å²) in [5.74, 6) is 1.64. The molecule has 1 N–H and O–H groups in total. The quantitative estimate of drug-likeness (QED) is 0.718. The average molecular weight is 178 g/mol. The molecule has 6 nitrogen and oxygen atoms in total. The fourth-order valence-electron chi connectivity index (χ4n) is 1.03. The predicted molar refractivity (Wildman–Crippen MR) is 44.9 cm³/mol. The largest absolute Gasteiger partial charge is 0.261 e. The van der Waals surface area contributed by atoms with E-state index in [1.165, 1.54) is 6.33 Å². The van der Waals surface area contributed by atoms with E-state index in [-0.39, 0.29) is 0 Å². The van der Waals surface area contributed by atoms with E-state index < -0.39 is 0 Å². The molecule has 0 bridgehead atoms. The second-order valence-electron chi connectivity index (χ2n) is 2.64. The number of nitrogens with one attached hydrogen (secondary N) is 1. The van der Waals surface area contributed by atoms with Crippen molar-refractivity contribution in [3.63, 3.8) is 0 Å². The van der Waals surface area contributed by atoms with Crippen LogP contribution in [0, 0.1) is 0 Å². The minimum Gasteiger partial charge on any atom is -0.261 e. The van der Waals surface area contributed by atoms with Crippen LogP contribution in [0.3, 0.4) is 0 Å². The molecule has 0 spiro atoms. The molecule has 0 amide bonds. The smallest absolute Gasteiger partial charge is 0.150 e. The van der Waals surface area contributed by atoms with Gasteiger partial charge in [-0.15, -0.1) is 0 Å². The molecular formula is C7H10N6. The first kappa shape index (κ1) is 7.90. The summed E-state index contributed by atoms with van der Waals surface area (Å²) in [5, 5.41) is 10.8. The molecule has 13 heavy (non-hydrogen) atoms. The summed E-state index contributed by atoms with van der Waals surface area (Å²) < 4.78 is 1.69. The number of hydrogen-bond donors (Lipinski definition) is 1. The van der Waals surface area contributed by atoms with E-state index in [0.717, 1.165) is 18.1 Å². The number of aromatic nitrogens is 6. The van der Waals surface area contributed by atoms with Crippen LogP contribution in [0.25, 0.3) is 0 Å². The highest BCUT2D eigenvalue weighted by atomic mass is 15.3. The van der Waals surface area contributed by atoms with Crippen molar-refractivity contribution in [2.24, 2.45) is 0 Å². The van der Waals surface area contributed by atoms with Crippen molar-refractivity contribution in [2.75, 3.05) is 0 Å². The Kier molecular flexibility index (Phi) is 2.03. The lowest BCUT2D eigenvalue weighted by molar-refractivity contribution is 0.655. The van der Waals surface area contributed by atoms with Gasteiger partial charge < -0.3 is 0 Å². The summed E-state index contributed by atoms with van der Waals surface area (Å²) in [6.45, 7) is 2.61. The van der Waals surface area contributed by atoms with Gasteiger partial charge in [0.05, 0.1) is 0 Å². The molecular weight excluding hydrogens is 168 g/mol. The van der Waals surface area contributed by atoms with Gasteiger partial charge in [-0.3, -0.25) is 5.10 Å². The fourth-order valence-corrected chi connectivity index (χ4v) is 1.03. The Morgan fingerprint density at radius 1 is 1.54 bits per heavy atom. The topological polar surface area (TPSA) is 72.3 Å². The van der Waals surface area contributed by atoms with Crippen molar-refractivity contribution in [2.45, 2.75) is 19.9 Å². The molecule has 0 saturated heterocycles. The molecule has 0 aromatic carbocycles. The number of H-pyrrole nitrogens is 1. The zero-order valence-electron chi connectivity index (χ0n) is 7.30. The van der Waals surface area contributed by atoms with Crippen LogP contribution in [0.2, 0.25) is 0 Å². The van der Waals surface area contributed by atoms with Crippen LogP contribution in [-0.2, 0) is 13.0 Å². The maximum atomic E-state index is 4.25. The molecule has 0 atom stereocenters. The third-order valence-corrected chi connectivity index (χ3v) is 1.67. The molecule has 0 aliphatic rings. The van der Waals surface area contributed by atoms with Gasteiger partial charge in [-0.1, -0.05) is 6.92 Å². The van der Waals surface area contributed by atoms with Crippen LogP contribution in [0.15, 0.2) is 12.7 Å². The van der Waals surface area contributed by atoms with Gasteiger partial charge in [0.15, 0.2) is 5.82 Å². The van der Waals surface area contributed by atoms with Crippen molar-refractivity contribution in [3.05, 3.63) is 24.3 Å². The highest BCUT2D eigenvalue weighted by molar-refractivity contribution is 4.89. The van der Waals surface area contributed by atoms with Gasteiger partial charge >= 0.3 is 0 Å². The molecule has 0 saturated carbocycles. The number of nitrogens with zero attached hydrogens (tertiary/aromatic N) is 5. The number of rotatable bonds is 3. The van der Waals surface area contributed by atoms with Crippen molar-refractivity contribution in [1.29, 1.82) is 0 Å². The summed E-state index contributed by atoms with van der Waals surface area (Å²) in [6, 6.07) is 0. The van der Waals surface area contributed by atoms with Crippen LogP contribution < -0.4 is 0 Å². The number of hydrogen-bond acceptors (Lipinski definition) is 4. The van der Waals surface area contributed by atoms with Gasteiger partial charge in [0.2, 0.25) is 0 Å². The first-order valence-electron chi connectivity index (χ1n) is 4.11. The van der Waals surface area contributed by atoms with E-state index in [1.54, 1.807) is 11.0 Å². The molecule has 2 heterocycles. The predicted octanol–water partition coefficient (Wildman–Crippen LogP) is 0.00690. The lowest BCUT2D eigenvalue weighted by atomic mass is 10.5. The lowest BCUT2D eigenvalue weighted by Crippen LogP contribution is -2.01. The van der Waals surface area contributed by atoms with Crippen LogP contribution in [0.5, 0.6) is 0 Å². The molecule has 0 fully saturated rings. The van der Waals surface area contributed by atoms with Gasteiger partial charge in [0, 0.05) is 6.42 Å². The van der Waals surface area contributed by atoms with E-state index in [2.05, 4.69) is 25.3 Å². The van der Waals surface area contributed by atoms with E-state index in [1.807, 2.05) is 6.92 Å². The third-order valence-electron chi connectivity index (χ3n) is 1.67. The maximum absolute atomic E-state index is 4.25. The summed E-state index contributed by atoms with van der Waals surface area (Å²) in [6.07, 6.45) is 3.99. The van der Waals surface area contributed by atoms with Gasteiger partial charge in [-0.05, 0) is 0 Å². The standard InChI is InChI=1S/C7H10N6/c1-2-6-10-7(12-11-6)3-13-5-8-4-9-13/h4-5H,2-3H2,1H3,(H,10,11,12). The highest BCUT2D eigenvalue weighted by Crippen LogP contribution is 1.95. The summed E-state index contributed by atoms with van der Waals surface area (Å²) in [7, 11) is 0. The van der Waals surface area contributed by atoms with Gasteiger partial charge in [0.25, 0.3) is 0 Å². The SMILES string of the molecule is CCc1n[nH]c(Cn2cncn2)n1. The Morgan fingerprint density at radius 3 is 3.08 bits per heavy atom. The molecule has 2 rings (SSSR count). The minimum absolute atomic E-state index is 0.590. The van der Waals surface area contributed by atoms with Crippen molar-refractivity contribution in [1.82, 2.24) is 29.9 Å². The first-order valence-corrected chi connectivity index (χ1v) is 4.11. The van der Waals surface area contributed by atoms with Crippen LogP contribution >= 0.6 is 0 Å². The Bertz CT molecular complexity index is 362. The molecule has 0 aliphatic carbocycles. The Hall–Kier alpha value is -1.72. The van der Waals surface area contributed by atoms with Crippen LogP contribution in [-0.4, -0.2) is 29.9 Å². The Morgan fingerprint density at radius 2 is 2.46 bits per heavy atom. The van der Waals surface area contributed by atoms with Crippen molar-refractivity contribution >= 4 is 0 Å². The molecule has 6 heteroatoms. The highest BCUT2D eigenvalue weighted by Gasteiger charge is 2.01. The van der Waals surface area contributed by atoms with E-state index in [0.29, 0.717) is 6.54 Å². The zero-order valence-corrected chi connectivity index (χ0v) is 7.30. The summed E-state index contributed by atoms with van der Waals surface area (Å²) >= 11 is 0. The van der Waals surface area contributed by atoms with Crippen molar-refractivity contribution < 1.29 is 0 Å². The van der Waals surface area contributed by atoms with Gasteiger partial charge in [-0.2, -0.15) is 10.2 Å². The van der Waals surface area contributed by atoms with E-state index in [4.69, 9.17) is 0 Å². The monoisotopic (exact) mass is 178 g/mol. The molecule has 2 aromatic heterocycles. The minimum atomic E-state index is 0.590. The van der Waals surface area contributed by atoms with E-state index in [9.17, 15) is 0 Å². The Balaban J connectivity index is 2.10. The first-order chi connectivity index (χ1) is 6.38. The molecule has 0 unspecified atom stereocenters. The van der Waals surface area contributed by atoms with Crippen LogP contribution in [0.1, 0.15) is 18.6 Å². The second-order valence-corrected chi connectivity index (χ2v) is 2.64. The number of aromatic amines is 1. The Labute approximate surface area is 75.0 Å². The molecule has 0 radical (unpaired) electrons. The molecule has 68 valence electrons. The van der Waals surface area contributed by atoms with E-state index >= 15 is 0 Å². The van der Waals surface area contributed by atoms with Gasteiger partial charge in [0.1, 0.15) is 25.0 Å².